The van der Waals surface area contributed by atoms with Gasteiger partial charge in [-0.15, -0.1) is 0 Å². The van der Waals surface area contributed by atoms with Crippen LogP contribution in [0.15, 0.2) is 102 Å². The van der Waals surface area contributed by atoms with Crippen molar-refractivity contribution in [3.8, 4) is 17.2 Å². The molecule has 1 amide bonds. The zero-order valence-corrected chi connectivity index (χ0v) is 27.5. The first-order valence-electron chi connectivity index (χ1n) is 15.5. The van der Waals surface area contributed by atoms with Crippen molar-refractivity contribution in [1.29, 1.82) is 0 Å². The highest BCUT2D eigenvalue weighted by Crippen LogP contribution is 2.30. The van der Waals surface area contributed by atoms with Gasteiger partial charge in [0.2, 0.25) is 5.91 Å². The largest absolute Gasteiger partial charge is 0.488 e. The number of nitrogens with one attached hydrogen (secondary N) is 1. The van der Waals surface area contributed by atoms with E-state index in [1.807, 2.05) is 68.6 Å². The molecule has 5 rings (SSSR count). The van der Waals surface area contributed by atoms with Gasteiger partial charge in [-0.2, -0.15) is 0 Å². The minimum atomic E-state index is -4.01. The SMILES string of the molecule is C[C@@H]1CN([C@@H](C)CO)C(=O)Cc2cc(NS(=O)(=O)c3ccc(F)cc3)ccc2O[C@H]1CN(C)Cc1ccc(Oc2ccccc2)cc1. The van der Waals surface area contributed by atoms with Crippen molar-refractivity contribution in [3.05, 3.63) is 114 Å². The third kappa shape index (κ3) is 8.88. The number of halogens is 1. The second kappa shape index (κ2) is 15.0. The molecule has 1 aliphatic heterocycles. The summed E-state index contributed by atoms with van der Waals surface area (Å²) < 4.78 is 54.4. The van der Waals surface area contributed by atoms with Gasteiger partial charge in [0.05, 0.1) is 24.0 Å². The third-order valence-electron chi connectivity index (χ3n) is 8.14. The number of anilines is 1. The van der Waals surface area contributed by atoms with E-state index in [2.05, 4.69) is 9.62 Å². The number of carbonyl (C=O) groups is 1. The molecule has 0 spiro atoms. The van der Waals surface area contributed by atoms with Gasteiger partial charge in [0.25, 0.3) is 10.0 Å². The molecule has 0 aliphatic carbocycles. The summed E-state index contributed by atoms with van der Waals surface area (Å²) in [6.07, 6.45) is -0.376. The predicted octanol–water partition coefficient (Wildman–Crippen LogP) is 5.70. The van der Waals surface area contributed by atoms with Crippen LogP contribution in [0.5, 0.6) is 17.2 Å². The van der Waals surface area contributed by atoms with Crippen LogP contribution in [0.3, 0.4) is 0 Å². The number of ether oxygens (including phenoxy) is 2. The van der Waals surface area contributed by atoms with Crippen molar-refractivity contribution in [2.24, 2.45) is 5.92 Å². The highest BCUT2D eigenvalue weighted by molar-refractivity contribution is 7.92. The lowest BCUT2D eigenvalue weighted by molar-refractivity contribution is -0.134. The Kier molecular flexibility index (Phi) is 10.8. The quantitative estimate of drug-likeness (QED) is 0.212. The lowest BCUT2D eigenvalue weighted by Crippen LogP contribution is -2.47. The summed E-state index contributed by atoms with van der Waals surface area (Å²) in [7, 11) is -2.00. The normalized spacial score (nSPS) is 17.6. The number of amides is 1. The summed E-state index contributed by atoms with van der Waals surface area (Å²) in [4.78, 5) is 17.3. The van der Waals surface area contributed by atoms with E-state index < -0.39 is 21.9 Å². The third-order valence-corrected chi connectivity index (χ3v) is 9.54. The van der Waals surface area contributed by atoms with Gasteiger partial charge in [0, 0.05) is 36.8 Å². The maximum Gasteiger partial charge on any atom is 0.261 e. The van der Waals surface area contributed by atoms with Crippen LogP contribution in [0.2, 0.25) is 0 Å². The molecule has 0 fully saturated rings. The first kappa shape index (κ1) is 33.9. The standard InChI is InChI=1S/C36H40FN3O6S/c1-25-21-40(26(2)24-41)36(42)20-28-19-30(38-47(43,44)33-16-11-29(37)12-17-33)13-18-34(28)46-35(25)23-39(3)22-27-9-14-32(15-10-27)45-31-7-5-4-6-8-31/h4-19,25-26,35,38,41H,20-24H2,1-3H3/t25-,26+,35+/m1/s1. The highest BCUT2D eigenvalue weighted by Gasteiger charge is 2.31. The molecule has 2 N–H and O–H groups in total. The average molecular weight is 662 g/mol. The molecule has 9 nitrogen and oxygen atoms in total. The van der Waals surface area contributed by atoms with Crippen molar-refractivity contribution >= 4 is 21.6 Å². The number of hydrogen-bond donors (Lipinski definition) is 2. The molecule has 1 heterocycles. The summed E-state index contributed by atoms with van der Waals surface area (Å²) >= 11 is 0. The number of fused-ring (bicyclic) bond motifs is 1. The van der Waals surface area contributed by atoms with Crippen molar-refractivity contribution in [2.75, 3.05) is 31.5 Å². The molecular formula is C36H40FN3O6S. The van der Waals surface area contributed by atoms with E-state index in [0.29, 0.717) is 30.9 Å². The second-order valence-electron chi connectivity index (χ2n) is 12.0. The molecule has 1 aliphatic rings. The molecule has 4 aromatic rings. The number of hydrogen-bond acceptors (Lipinski definition) is 7. The summed E-state index contributed by atoms with van der Waals surface area (Å²) in [6.45, 7) is 5.18. The van der Waals surface area contributed by atoms with E-state index in [1.54, 1.807) is 30.0 Å². The topological polar surface area (TPSA) is 108 Å². The number of sulfonamides is 1. The highest BCUT2D eigenvalue weighted by atomic mass is 32.2. The Balaban J connectivity index is 1.34. The van der Waals surface area contributed by atoms with E-state index in [1.165, 1.54) is 12.1 Å². The zero-order chi connectivity index (χ0) is 33.6. The number of para-hydroxylation sites is 1. The smallest absolute Gasteiger partial charge is 0.261 e. The molecule has 0 radical (unpaired) electrons. The lowest BCUT2D eigenvalue weighted by atomic mass is 10.0. The maximum atomic E-state index is 13.6. The van der Waals surface area contributed by atoms with Gasteiger partial charge in [-0.1, -0.05) is 37.3 Å². The van der Waals surface area contributed by atoms with Crippen LogP contribution in [0.1, 0.15) is 25.0 Å². The lowest BCUT2D eigenvalue weighted by Gasteiger charge is -2.34. The van der Waals surface area contributed by atoms with E-state index in [0.717, 1.165) is 29.2 Å². The number of carbonyl (C=O) groups excluding carboxylic acids is 1. The van der Waals surface area contributed by atoms with Gasteiger partial charge >= 0.3 is 0 Å². The van der Waals surface area contributed by atoms with Gasteiger partial charge in [-0.3, -0.25) is 14.4 Å². The Hall–Kier alpha value is -4.45. The summed E-state index contributed by atoms with van der Waals surface area (Å²) in [6, 6.07) is 26.5. The van der Waals surface area contributed by atoms with Gasteiger partial charge in [-0.05, 0) is 86.3 Å². The van der Waals surface area contributed by atoms with Gasteiger partial charge < -0.3 is 19.5 Å². The molecule has 248 valence electrons. The van der Waals surface area contributed by atoms with Crippen LogP contribution in [0.4, 0.5) is 10.1 Å². The van der Waals surface area contributed by atoms with Crippen molar-refractivity contribution in [3.63, 3.8) is 0 Å². The summed E-state index contributed by atoms with van der Waals surface area (Å²) in [5, 5.41) is 9.95. The van der Waals surface area contributed by atoms with Crippen LogP contribution in [0, 0.1) is 11.7 Å². The first-order chi connectivity index (χ1) is 22.5. The average Bonchev–Trinajstić information content (AvgIpc) is 3.09. The molecule has 3 atom stereocenters. The molecule has 0 saturated carbocycles. The zero-order valence-electron chi connectivity index (χ0n) is 26.7. The minimum Gasteiger partial charge on any atom is -0.488 e. The van der Waals surface area contributed by atoms with Crippen molar-refractivity contribution in [2.45, 2.75) is 43.9 Å². The number of rotatable bonds is 11. The first-order valence-corrected chi connectivity index (χ1v) is 17.0. The van der Waals surface area contributed by atoms with Crippen LogP contribution in [0.25, 0.3) is 0 Å². The summed E-state index contributed by atoms with van der Waals surface area (Å²) in [5.74, 6) is 1.15. The fraction of sp³-hybridized carbons (Fsp3) is 0.306. The molecule has 0 unspecified atom stereocenters. The number of benzene rings is 4. The van der Waals surface area contributed by atoms with Crippen molar-refractivity contribution in [1.82, 2.24) is 9.80 Å². The fourth-order valence-corrected chi connectivity index (χ4v) is 6.56. The van der Waals surface area contributed by atoms with Gasteiger partial charge in [-0.25, -0.2) is 12.8 Å². The molecular weight excluding hydrogens is 621 g/mol. The van der Waals surface area contributed by atoms with Gasteiger partial charge in [0.15, 0.2) is 0 Å². The Labute approximate surface area is 275 Å². The molecule has 4 aromatic carbocycles. The number of aliphatic hydroxyl groups excluding tert-OH is 1. The molecule has 11 heteroatoms. The van der Waals surface area contributed by atoms with Crippen LogP contribution in [-0.4, -0.2) is 68.1 Å². The maximum absolute atomic E-state index is 13.6. The molecule has 0 aromatic heterocycles. The second-order valence-corrected chi connectivity index (χ2v) is 13.7. The monoisotopic (exact) mass is 661 g/mol. The van der Waals surface area contributed by atoms with E-state index in [-0.39, 0.29) is 41.5 Å². The van der Waals surface area contributed by atoms with Gasteiger partial charge in [0.1, 0.15) is 29.2 Å². The molecule has 47 heavy (non-hydrogen) atoms. The number of aliphatic hydroxyl groups is 1. The Bertz CT molecular complexity index is 1750. The Morgan fingerprint density at radius 2 is 1.70 bits per heavy atom. The van der Waals surface area contributed by atoms with Crippen molar-refractivity contribution < 1.29 is 32.2 Å². The van der Waals surface area contributed by atoms with E-state index >= 15 is 0 Å². The van der Waals surface area contributed by atoms with E-state index in [4.69, 9.17) is 9.47 Å². The fourth-order valence-electron chi connectivity index (χ4n) is 5.51. The van der Waals surface area contributed by atoms with E-state index in [9.17, 15) is 22.7 Å². The van der Waals surface area contributed by atoms with Crippen LogP contribution >= 0.6 is 0 Å². The van der Waals surface area contributed by atoms with Crippen LogP contribution in [-0.2, 0) is 27.8 Å². The molecule has 0 bridgehead atoms. The van der Waals surface area contributed by atoms with Crippen LogP contribution < -0.4 is 14.2 Å². The number of likely N-dealkylation sites (N-methyl/N-ethyl adjacent to an activating group) is 1. The number of nitrogens with zero attached hydrogens (tertiary/aromatic N) is 2. The Morgan fingerprint density at radius 3 is 2.38 bits per heavy atom. The summed E-state index contributed by atoms with van der Waals surface area (Å²) in [5.41, 5.74) is 1.85. The minimum absolute atomic E-state index is 0.0432. The predicted molar refractivity (Wildman–Crippen MR) is 178 cm³/mol. The Morgan fingerprint density at radius 1 is 1.02 bits per heavy atom. The molecule has 0 saturated heterocycles.